The van der Waals surface area contributed by atoms with Crippen LogP contribution in [0.1, 0.15) is 31.2 Å². The van der Waals surface area contributed by atoms with Gasteiger partial charge in [0.1, 0.15) is 18.1 Å². The summed E-state index contributed by atoms with van der Waals surface area (Å²) >= 11 is 4.03. The normalized spacial score (nSPS) is 17.7. The Bertz CT molecular complexity index is 1170. The van der Waals surface area contributed by atoms with Crippen LogP contribution in [0.15, 0.2) is 30.5 Å². The number of carbonyl (C=O) groups excluding carboxylic acids is 3. The summed E-state index contributed by atoms with van der Waals surface area (Å²) in [5, 5.41) is 24.6. The predicted molar refractivity (Wildman–Crippen MR) is 137 cm³/mol. The summed E-state index contributed by atoms with van der Waals surface area (Å²) in [5.41, 5.74) is 7.34. The number of carbonyl (C=O) groups is 5. The minimum atomic E-state index is -1.29. The van der Waals surface area contributed by atoms with Crippen molar-refractivity contribution in [3.63, 3.8) is 0 Å². The summed E-state index contributed by atoms with van der Waals surface area (Å²) in [6, 6.07) is 2.94. The number of hydrogen-bond donors (Lipinski definition) is 7. The molecule has 12 nitrogen and oxygen atoms in total. The van der Waals surface area contributed by atoms with E-state index in [2.05, 4.69) is 28.2 Å². The van der Waals surface area contributed by atoms with Gasteiger partial charge >= 0.3 is 11.9 Å². The minimum Gasteiger partial charge on any atom is -0.481 e. The maximum absolute atomic E-state index is 13.4. The van der Waals surface area contributed by atoms with Crippen molar-refractivity contribution >= 4 is 53.2 Å². The maximum atomic E-state index is 13.4. The number of para-hydroxylation sites is 1. The molecule has 3 amide bonds. The van der Waals surface area contributed by atoms with Crippen LogP contribution >= 0.6 is 12.6 Å². The van der Waals surface area contributed by atoms with Crippen LogP contribution in [0.4, 0.5) is 0 Å². The molecule has 1 aliphatic rings. The largest absolute Gasteiger partial charge is 0.481 e. The van der Waals surface area contributed by atoms with Gasteiger partial charge in [-0.15, -0.1) is 0 Å². The molecule has 4 unspecified atom stereocenters. The number of likely N-dealkylation sites (tertiary alicyclic amines) is 1. The highest BCUT2D eigenvalue weighted by Crippen LogP contribution is 2.21. The molecule has 1 aliphatic heterocycles. The Morgan fingerprint density at radius 2 is 1.81 bits per heavy atom. The Hall–Kier alpha value is -3.58. The van der Waals surface area contributed by atoms with E-state index in [-0.39, 0.29) is 31.6 Å². The molecular weight excluding hydrogens is 502 g/mol. The van der Waals surface area contributed by atoms with Gasteiger partial charge in [0, 0.05) is 42.2 Å². The average molecular weight is 534 g/mol. The lowest BCUT2D eigenvalue weighted by atomic mass is 10.0. The van der Waals surface area contributed by atoms with Crippen molar-refractivity contribution in [1.82, 2.24) is 20.5 Å². The van der Waals surface area contributed by atoms with E-state index in [0.717, 1.165) is 21.4 Å². The SMILES string of the molecule is NC(CS)C(=O)NC(Cc1c[nH]c2ccccc12)C(=O)NC(CCC(=O)O)C(=O)N1CCCC1C(=O)O. The second kappa shape index (κ2) is 12.6. The highest BCUT2D eigenvalue weighted by Gasteiger charge is 2.38. The lowest BCUT2D eigenvalue weighted by Gasteiger charge is -2.28. The van der Waals surface area contributed by atoms with Gasteiger partial charge in [-0.25, -0.2) is 4.79 Å². The van der Waals surface area contributed by atoms with E-state index >= 15 is 0 Å². The molecule has 1 aromatic heterocycles. The van der Waals surface area contributed by atoms with Crippen molar-refractivity contribution < 1.29 is 34.2 Å². The van der Waals surface area contributed by atoms with Crippen LogP contribution < -0.4 is 16.4 Å². The Labute approximate surface area is 218 Å². The summed E-state index contributed by atoms with van der Waals surface area (Å²) in [6.45, 7) is 0.182. The summed E-state index contributed by atoms with van der Waals surface area (Å²) in [6.07, 6.45) is 1.84. The molecule has 1 aromatic carbocycles. The number of carboxylic acid groups (broad SMARTS) is 2. The van der Waals surface area contributed by atoms with Gasteiger partial charge in [-0.1, -0.05) is 18.2 Å². The quantitative estimate of drug-likeness (QED) is 0.183. The molecule has 0 saturated carbocycles. The number of nitrogens with one attached hydrogen (secondary N) is 3. The van der Waals surface area contributed by atoms with Gasteiger partial charge in [0.05, 0.1) is 6.04 Å². The molecule has 1 fully saturated rings. The van der Waals surface area contributed by atoms with Gasteiger partial charge in [-0.3, -0.25) is 19.2 Å². The lowest BCUT2D eigenvalue weighted by molar-refractivity contribution is -0.150. The zero-order chi connectivity index (χ0) is 27.1. The number of benzene rings is 1. The molecule has 13 heteroatoms. The van der Waals surface area contributed by atoms with E-state index in [4.69, 9.17) is 10.8 Å². The van der Waals surface area contributed by atoms with Crippen molar-refractivity contribution in [3.05, 3.63) is 36.0 Å². The predicted octanol–water partition coefficient (Wildman–Crippen LogP) is -0.122. The number of amides is 3. The number of fused-ring (bicyclic) bond motifs is 1. The molecular formula is C24H31N5O7S. The molecule has 2 aromatic rings. The standard InChI is InChI=1S/C24H31N5O7S/c25-15(12-37)21(32)28-18(10-13-11-26-16-5-2-1-4-14(13)16)22(33)27-17(7-8-20(30)31)23(34)29-9-3-6-19(29)24(35)36/h1-2,4-5,11,15,17-19,26,37H,3,6-10,12,25H2,(H,27,33)(H,28,32)(H,30,31)(H,35,36). The molecule has 0 radical (unpaired) electrons. The van der Waals surface area contributed by atoms with E-state index in [1.807, 2.05) is 24.3 Å². The van der Waals surface area contributed by atoms with Gasteiger partial charge in [0.2, 0.25) is 17.7 Å². The van der Waals surface area contributed by atoms with E-state index in [0.29, 0.717) is 6.42 Å². The van der Waals surface area contributed by atoms with Crippen LogP contribution in [0.25, 0.3) is 10.9 Å². The fourth-order valence-corrected chi connectivity index (χ4v) is 4.54. The van der Waals surface area contributed by atoms with E-state index in [1.165, 1.54) is 0 Å². The average Bonchev–Trinajstić information content (AvgIpc) is 3.52. The highest BCUT2D eigenvalue weighted by molar-refractivity contribution is 7.80. The van der Waals surface area contributed by atoms with Crippen molar-refractivity contribution in [3.8, 4) is 0 Å². The minimum absolute atomic E-state index is 0.0402. The van der Waals surface area contributed by atoms with E-state index < -0.39 is 60.2 Å². The molecule has 1 saturated heterocycles. The van der Waals surface area contributed by atoms with Crippen LogP contribution in [-0.4, -0.2) is 86.2 Å². The number of carboxylic acids is 2. The molecule has 0 spiro atoms. The third-order valence-electron chi connectivity index (χ3n) is 6.35. The van der Waals surface area contributed by atoms with Crippen LogP contribution in [0.5, 0.6) is 0 Å². The van der Waals surface area contributed by atoms with Crippen molar-refractivity contribution in [2.24, 2.45) is 5.73 Å². The second-order valence-corrected chi connectivity index (χ2v) is 9.30. The fraction of sp³-hybridized carbons (Fsp3) is 0.458. The molecule has 37 heavy (non-hydrogen) atoms. The maximum Gasteiger partial charge on any atom is 0.326 e. The first kappa shape index (κ1) is 28.0. The fourth-order valence-electron chi connectivity index (χ4n) is 4.38. The number of nitrogens with two attached hydrogens (primary N) is 1. The molecule has 0 bridgehead atoms. The number of aromatic amines is 1. The number of thiol groups is 1. The number of aromatic nitrogens is 1. The smallest absolute Gasteiger partial charge is 0.326 e. The third kappa shape index (κ3) is 7.01. The Balaban J connectivity index is 1.85. The number of rotatable bonds is 12. The van der Waals surface area contributed by atoms with Gasteiger partial charge in [-0.05, 0) is 30.9 Å². The molecule has 7 N–H and O–H groups in total. The Morgan fingerprint density at radius 3 is 2.49 bits per heavy atom. The summed E-state index contributed by atoms with van der Waals surface area (Å²) in [4.78, 5) is 66.3. The Kier molecular flexibility index (Phi) is 9.53. The van der Waals surface area contributed by atoms with E-state index in [1.54, 1.807) is 6.20 Å². The van der Waals surface area contributed by atoms with E-state index in [9.17, 15) is 29.1 Å². The van der Waals surface area contributed by atoms with Gasteiger partial charge in [0.15, 0.2) is 0 Å². The van der Waals surface area contributed by atoms with Gasteiger partial charge < -0.3 is 36.5 Å². The number of hydrogen-bond acceptors (Lipinski definition) is 7. The van der Waals surface area contributed by atoms with Crippen LogP contribution in [0.2, 0.25) is 0 Å². The molecule has 4 atom stereocenters. The topological polar surface area (TPSA) is 195 Å². The molecule has 3 rings (SSSR count). The monoisotopic (exact) mass is 533 g/mol. The summed E-state index contributed by atoms with van der Waals surface area (Å²) < 4.78 is 0. The summed E-state index contributed by atoms with van der Waals surface area (Å²) in [5.74, 6) is -4.32. The van der Waals surface area contributed by atoms with Crippen LogP contribution in [-0.2, 0) is 30.4 Å². The first-order chi connectivity index (χ1) is 17.6. The second-order valence-electron chi connectivity index (χ2n) is 8.94. The molecule has 2 heterocycles. The summed E-state index contributed by atoms with van der Waals surface area (Å²) in [7, 11) is 0. The zero-order valence-corrected chi connectivity index (χ0v) is 20.9. The van der Waals surface area contributed by atoms with Crippen molar-refractivity contribution in [2.45, 2.75) is 56.3 Å². The zero-order valence-electron chi connectivity index (χ0n) is 20.1. The number of H-pyrrole nitrogens is 1. The first-order valence-corrected chi connectivity index (χ1v) is 12.5. The number of aliphatic carboxylic acids is 2. The highest BCUT2D eigenvalue weighted by atomic mass is 32.1. The van der Waals surface area contributed by atoms with Crippen LogP contribution in [0, 0.1) is 0 Å². The van der Waals surface area contributed by atoms with Crippen molar-refractivity contribution in [1.29, 1.82) is 0 Å². The van der Waals surface area contributed by atoms with Crippen molar-refractivity contribution in [2.75, 3.05) is 12.3 Å². The third-order valence-corrected chi connectivity index (χ3v) is 6.74. The van der Waals surface area contributed by atoms with Crippen LogP contribution in [0.3, 0.4) is 0 Å². The Morgan fingerprint density at radius 1 is 1.11 bits per heavy atom. The first-order valence-electron chi connectivity index (χ1n) is 11.9. The molecule has 200 valence electrons. The molecule has 0 aliphatic carbocycles. The number of nitrogens with zero attached hydrogens (tertiary/aromatic N) is 1. The van der Waals surface area contributed by atoms with Gasteiger partial charge in [-0.2, -0.15) is 12.6 Å². The van der Waals surface area contributed by atoms with Gasteiger partial charge in [0.25, 0.3) is 0 Å². The lowest BCUT2D eigenvalue weighted by Crippen LogP contribution is -2.57.